The molecule has 2 fully saturated rings. The molecule has 0 radical (unpaired) electrons. The van der Waals surface area contributed by atoms with Crippen molar-refractivity contribution in [3.8, 4) is 5.75 Å². The number of urea groups is 1. The Labute approximate surface area is 132 Å². The maximum Gasteiger partial charge on any atom is 0.321 e. The highest BCUT2D eigenvalue weighted by Crippen LogP contribution is 2.36. The number of nitrogens with one attached hydrogen (secondary N) is 1. The van der Waals surface area contributed by atoms with Gasteiger partial charge >= 0.3 is 6.03 Å². The molecule has 22 heavy (non-hydrogen) atoms. The molecule has 0 aromatic heterocycles. The fraction of sp³-hybridized carbons (Fsp3) is 0.611. The standard InChI is InChI=1S/C18H26N2O2/c1-2-22-17-10-6-5-9-16(17)19-18(21)20-12-11-14-7-3-4-8-15(14)13-20/h5-6,9-10,14-15H,2-4,7-8,11-13H2,1H3,(H,19,21)/t14-,15+/m0/s1. The highest BCUT2D eigenvalue weighted by molar-refractivity contribution is 5.91. The molecule has 1 N–H and O–H groups in total. The first-order valence-corrected chi connectivity index (χ1v) is 8.55. The van der Waals surface area contributed by atoms with Crippen LogP contribution in [0.4, 0.5) is 10.5 Å². The Morgan fingerprint density at radius 3 is 2.82 bits per heavy atom. The largest absolute Gasteiger partial charge is 0.492 e. The number of rotatable bonds is 3. The van der Waals surface area contributed by atoms with Gasteiger partial charge in [0.15, 0.2) is 0 Å². The number of benzene rings is 1. The Kier molecular flexibility index (Phi) is 4.86. The average molecular weight is 302 g/mol. The Morgan fingerprint density at radius 1 is 1.23 bits per heavy atom. The van der Waals surface area contributed by atoms with Crippen molar-refractivity contribution >= 4 is 11.7 Å². The third kappa shape index (κ3) is 3.37. The van der Waals surface area contributed by atoms with Crippen molar-refractivity contribution in [3.63, 3.8) is 0 Å². The predicted molar refractivity (Wildman–Crippen MR) is 88.3 cm³/mol. The van der Waals surface area contributed by atoms with Gasteiger partial charge in [0.05, 0.1) is 12.3 Å². The lowest BCUT2D eigenvalue weighted by molar-refractivity contribution is 0.108. The van der Waals surface area contributed by atoms with Crippen molar-refractivity contribution < 1.29 is 9.53 Å². The van der Waals surface area contributed by atoms with Crippen LogP contribution in [0.5, 0.6) is 5.75 Å². The lowest BCUT2D eigenvalue weighted by Crippen LogP contribution is -2.46. The van der Waals surface area contributed by atoms with E-state index in [-0.39, 0.29) is 6.03 Å². The second kappa shape index (κ2) is 7.03. The number of anilines is 1. The number of hydrogen-bond acceptors (Lipinski definition) is 2. The fourth-order valence-corrected chi connectivity index (χ4v) is 3.83. The number of likely N-dealkylation sites (tertiary alicyclic amines) is 1. The van der Waals surface area contributed by atoms with E-state index in [0.717, 1.165) is 36.9 Å². The second-order valence-corrected chi connectivity index (χ2v) is 6.40. The molecule has 4 heteroatoms. The SMILES string of the molecule is CCOc1ccccc1NC(=O)N1CC[C@@H]2CCCC[C@@H]2C1. The molecular formula is C18H26N2O2. The van der Waals surface area contributed by atoms with E-state index in [1.807, 2.05) is 36.1 Å². The minimum atomic E-state index is 0.0103. The first kappa shape index (κ1) is 15.2. The monoisotopic (exact) mass is 302 g/mol. The summed E-state index contributed by atoms with van der Waals surface area (Å²) in [5.74, 6) is 2.29. The summed E-state index contributed by atoms with van der Waals surface area (Å²) >= 11 is 0. The van der Waals surface area contributed by atoms with E-state index in [1.54, 1.807) is 0 Å². The molecular weight excluding hydrogens is 276 g/mol. The number of hydrogen-bond donors (Lipinski definition) is 1. The van der Waals surface area contributed by atoms with Crippen LogP contribution >= 0.6 is 0 Å². The summed E-state index contributed by atoms with van der Waals surface area (Å²) in [6.45, 7) is 4.34. The number of ether oxygens (including phenoxy) is 1. The molecule has 0 spiro atoms. The number of carbonyl (C=O) groups is 1. The van der Waals surface area contributed by atoms with Crippen LogP contribution in [-0.2, 0) is 0 Å². The number of para-hydroxylation sites is 2. The fourth-order valence-electron chi connectivity index (χ4n) is 3.83. The molecule has 1 aromatic carbocycles. The maximum atomic E-state index is 12.6. The lowest BCUT2D eigenvalue weighted by Gasteiger charge is -2.41. The number of fused-ring (bicyclic) bond motifs is 1. The summed E-state index contributed by atoms with van der Waals surface area (Å²) in [6, 6.07) is 7.65. The third-order valence-electron chi connectivity index (χ3n) is 5.01. The van der Waals surface area contributed by atoms with Crippen LogP contribution in [0.3, 0.4) is 0 Å². The average Bonchev–Trinajstić information content (AvgIpc) is 2.56. The molecule has 0 bridgehead atoms. The minimum absolute atomic E-state index is 0.0103. The first-order valence-electron chi connectivity index (χ1n) is 8.55. The van der Waals surface area contributed by atoms with E-state index < -0.39 is 0 Å². The van der Waals surface area contributed by atoms with Crippen LogP contribution in [0.1, 0.15) is 39.0 Å². The molecule has 2 atom stereocenters. The van der Waals surface area contributed by atoms with Gasteiger partial charge in [0.25, 0.3) is 0 Å². The number of carbonyl (C=O) groups excluding carboxylic acids is 1. The molecule has 1 saturated heterocycles. The third-order valence-corrected chi connectivity index (χ3v) is 5.01. The van der Waals surface area contributed by atoms with Crippen molar-refractivity contribution in [2.45, 2.75) is 39.0 Å². The van der Waals surface area contributed by atoms with Gasteiger partial charge in [-0.2, -0.15) is 0 Å². The number of piperidine rings is 1. The van der Waals surface area contributed by atoms with Crippen LogP contribution in [-0.4, -0.2) is 30.6 Å². The van der Waals surface area contributed by atoms with E-state index in [4.69, 9.17) is 4.74 Å². The van der Waals surface area contributed by atoms with E-state index >= 15 is 0 Å². The maximum absolute atomic E-state index is 12.6. The van der Waals surface area contributed by atoms with Crippen molar-refractivity contribution in [3.05, 3.63) is 24.3 Å². The zero-order valence-electron chi connectivity index (χ0n) is 13.4. The lowest BCUT2D eigenvalue weighted by atomic mass is 9.75. The molecule has 2 amide bonds. The van der Waals surface area contributed by atoms with Crippen molar-refractivity contribution in [1.82, 2.24) is 4.90 Å². The van der Waals surface area contributed by atoms with Crippen LogP contribution in [0.2, 0.25) is 0 Å². The van der Waals surface area contributed by atoms with Crippen molar-refractivity contribution in [2.24, 2.45) is 11.8 Å². The van der Waals surface area contributed by atoms with Crippen molar-refractivity contribution in [1.29, 1.82) is 0 Å². The molecule has 120 valence electrons. The van der Waals surface area contributed by atoms with Gasteiger partial charge in [-0.25, -0.2) is 4.79 Å². The molecule has 1 aliphatic heterocycles. The van der Waals surface area contributed by atoms with E-state index in [2.05, 4.69) is 5.32 Å². The molecule has 2 aliphatic rings. The van der Waals surface area contributed by atoms with Crippen molar-refractivity contribution in [2.75, 3.05) is 25.0 Å². The van der Waals surface area contributed by atoms with Crippen LogP contribution in [0, 0.1) is 11.8 Å². The Balaban J connectivity index is 1.62. The zero-order chi connectivity index (χ0) is 15.4. The molecule has 1 aromatic rings. The van der Waals surface area contributed by atoms with Gasteiger partial charge in [0.1, 0.15) is 5.75 Å². The highest BCUT2D eigenvalue weighted by Gasteiger charge is 2.33. The van der Waals surface area contributed by atoms with Gasteiger partial charge in [-0.3, -0.25) is 0 Å². The van der Waals surface area contributed by atoms with Crippen LogP contribution in [0.25, 0.3) is 0 Å². The van der Waals surface area contributed by atoms with Gasteiger partial charge in [-0.1, -0.05) is 31.4 Å². The van der Waals surface area contributed by atoms with E-state index in [0.29, 0.717) is 12.5 Å². The van der Waals surface area contributed by atoms with Gasteiger partial charge in [0.2, 0.25) is 0 Å². The van der Waals surface area contributed by atoms with Gasteiger partial charge in [-0.15, -0.1) is 0 Å². The van der Waals surface area contributed by atoms with Crippen LogP contribution < -0.4 is 10.1 Å². The quantitative estimate of drug-likeness (QED) is 0.912. The minimum Gasteiger partial charge on any atom is -0.492 e. The normalized spacial score (nSPS) is 24.5. The van der Waals surface area contributed by atoms with Crippen LogP contribution in [0.15, 0.2) is 24.3 Å². The topological polar surface area (TPSA) is 41.6 Å². The van der Waals surface area contributed by atoms with Gasteiger partial charge in [-0.05, 0) is 43.7 Å². The smallest absolute Gasteiger partial charge is 0.321 e. The van der Waals surface area contributed by atoms with Gasteiger partial charge < -0.3 is 15.0 Å². The molecule has 1 aliphatic carbocycles. The summed E-state index contributed by atoms with van der Waals surface area (Å²) in [6.07, 6.45) is 6.49. The zero-order valence-corrected chi connectivity index (χ0v) is 13.4. The summed E-state index contributed by atoms with van der Waals surface area (Å²) in [4.78, 5) is 14.5. The highest BCUT2D eigenvalue weighted by atomic mass is 16.5. The molecule has 4 nitrogen and oxygen atoms in total. The molecule has 1 heterocycles. The number of amides is 2. The summed E-state index contributed by atoms with van der Waals surface area (Å²) < 4.78 is 5.58. The summed E-state index contributed by atoms with van der Waals surface area (Å²) in [7, 11) is 0. The first-order chi connectivity index (χ1) is 10.8. The number of nitrogens with zero attached hydrogens (tertiary/aromatic N) is 1. The molecule has 1 saturated carbocycles. The Bertz CT molecular complexity index is 518. The predicted octanol–water partition coefficient (Wildman–Crippen LogP) is 4.13. The molecule has 3 rings (SSSR count). The summed E-state index contributed by atoms with van der Waals surface area (Å²) in [5, 5.41) is 3.02. The second-order valence-electron chi connectivity index (χ2n) is 6.40. The van der Waals surface area contributed by atoms with Gasteiger partial charge in [0, 0.05) is 13.1 Å². The Hall–Kier alpha value is -1.71. The molecule has 0 unspecified atom stereocenters. The Morgan fingerprint density at radius 2 is 2.00 bits per heavy atom. The van der Waals surface area contributed by atoms with E-state index in [9.17, 15) is 4.79 Å². The summed E-state index contributed by atoms with van der Waals surface area (Å²) in [5.41, 5.74) is 0.764. The van der Waals surface area contributed by atoms with E-state index in [1.165, 1.54) is 25.7 Å².